The van der Waals surface area contributed by atoms with Crippen LogP contribution in [0.25, 0.3) is 22.6 Å². The zero-order valence-corrected chi connectivity index (χ0v) is 21.6. The minimum Gasteiger partial charge on any atom is -0.493 e. The van der Waals surface area contributed by atoms with E-state index in [1.807, 2.05) is 11.0 Å². The molecule has 1 N–H and O–H groups in total. The summed E-state index contributed by atoms with van der Waals surface area (Å²) >= 11 is 0. The molecule has 1 aliphatic heterocycles. The number of aromatic nitrogens is 2. The number of alkyl halides is 1. The molecule has 39 heavy (non-hydrogen) atoms. The second-order valence-electron chi connectivity index (χ2n) is 10.2. The van der Waals surface area contributed by atoms with Gasteiger partial charge in [-0.05, 0) is 61.4 Å². The van der Waals surface area contributed by atoms with E-state index in [4.69, 9.17) is 9.15 Å². The summed E-state index contributed by atoms with van der Waals surface area (Å²) in [5, 5.41) is 2.73. The van der Waals surface area contributed by atoms with E-state index < -0.39 is 12.1 Å². The van der Waals surface area contributed by atoms with E-state index in [1.54, 1.807) is 30.5 Å². The van der Waals surface area contributed by atoms with E-state index in [0.717, 1.165) is 19.3 Å². The molecule has 1 saturated heterocycles. The Kier molecular flexibility index (Phi) is 6.72. The molecule has 2 aromatic heterocycles. The molecule has 2 amide bonds. The molecule has 0 spiro atoms. The second-order valence-corrected chi connectivity index (χ2v) is 10.2. The number of amides is 2. The fourth-order valence-electron chi connectivity index (χ4n) is 5.20. The van der Waals surface area contributed by atoms with Gasteiger partial charge in [0.05, 0.1) is 18.6 Å². The molecule has 8 nitrogen and oxygen atoms in total. The number of rotatable bonds is 7. The van der Waals surface area contributed by atoms with Crippen LogP contribution in [0.3, 0.4) is 0 Å². The minimum atomic E-state index is -1.07. The van der Waals surface area contributed by atoms with Gasteiger partial charge in [0.15, 0.2) is 17.0 Å². The number of hydrogen-bond acceptors (Lipinski definition) is 6. The van der Waals surface area contributed by atoms with Gasteiger partial charge >= 0.3 is 0 Å². The zero-order chi connectivity index (χ0) is 26.9. The lowest BCUT2D eigenvalue weighted by atomic mass is 9.90. The molecule has 1 saturated carbocycles. The maximum atomic E-state index is 13.5. The minimum absolute atomic E-state index is 0.181. The van der Waals surface area contributed by atoms with E-state index in [0.29, 0.717) is 47.1 Å². The number of pyridine rings is 1. The summed E-state index contributed by atoms with van der Waals surface area (Å²) in [7, 11) is 1.50. The topological polar surface area (TPSA) is 97.6 Å². The highest BCUT2D eigenvalue weighted by atomic mass is 19.1. The largest absolute Gasteiger partial charge is 0.493 e. The second kappa shape index (κ2) is 10.5. The van der Waals surface area contributed by atoms with Crippen LogP contribution in [0, 0.1) is 11.8 Å². The van der Waals surface area contributed by atoms with Crippen LogP contribution >= 0.6 is 0 Å². The number of methoxy groups -OCH3 is 1. The van der Waals surface area contributed by atoms with Gasteiger partial charge in [-0.3, -0.25) is 9.59 Å². The van der Waals surface area contributed by atoms with Crippen LogP contribution in [0.15, 0.2) is 65.2 Å². The molecule has 9 heteroatoms. The van der Waals surface area contributed by atoms with Crippen molar-refractivity contribution in [2.24, 2.45) is 11.8 Å². The number of piperidine rings is 1. The predicted octanol–water partition coefficient (Wildman–Crippen LogP) is 5.29. The number of likely N-dealkylation sites (tertiary alicyclic amines) is 1. The fourth-order valence-corrected chi connectivity index (χ4v) is 5.20. The number of ether oxygens (including phenoxy) is 1. The van der Waals surface area contributed by atoms with E-state index in [2.05, 4.69) is 39.6 Å². The van der Waals surface area contributed by atoms with Gasteiger partial charge in [0, 0.05) is 25.0 Å². The van der Waals surface area contributed by atoms with Gasteiger partial charge < -0.3 is 19.4 Å². The lowest BCUT2D eigenvalue weighted by Gasteiger charge is -2.32. The van der Waals surface area contributed by atoms with Gasteiger partial charge in [-0.1, -0.05) is 30.3 Å². The van der Waals surface area contributed by atoms with Crippen molar-refractivity contribution >= 4 is 28.6 Å². The van der Waals surface area contributed by atoms with Gasteiger partial charge in [0.2, 0.25) is 11.8 Å². The third-order valence-corrected chi connectivity index (χ3v) is 7.52. The normalized spacial score (nSPS) is 19.2. The van der Waals surface area contributed by atoms with Gasteiger partial charge in [-0.15, -0.1) is 0 Å². The molecule has 0 bridgehead atoms. The Bertz CT molecular complexity index is 1510. The maximum absolute atomic E-state index is 13.5. The summed E-state index contributed by atoms with van der Waals surface area (Å²) in [5.74, 6) is 0.00825. The van der Waals surface area contributed by atoms with Crippen molar-refractivity contribution in [1.82, 2.24) is 14.9 Å². The summed E-state index contributed by atoms with van der Waals surface area (Å²) < 4.78 is 24.8. The molecule has 2 atom stereocenters. The number of carbonyl (C=O) groups excluding carboxylic acids is 2. The Morgan fingerprint density at radius 2 is 1.90 bits per heavy atom. The number of carbonyl (C=O) groups is 2. The van der Waals surface area contributed by atoms with Crippen molar-refractivity contribution in [2.75, 3.05) is 25.5 Å². The molecule has 2 fully saturated rings. The molecule has 2 aromatic carbocycles. The average Bonchev–Trinajstić information content (AvgIpc) is 3.55. The Hall–Kier alpha value is -4.27. The third-order valence-electron chi connectivity index (χ3n) is 7.52. The van der Waals surface area contributed by atoms with Crippen molar-refractivity contribution in [3.63, 3.8) is 0 Å². The lowest BCUT2D eigenvalue weighted by Crippen LogP contribution is -2.39. The molecule has 0 unspecified atom stereocenters. The first-order valence-electron chi connectivity index (χ1n) is 13.2. The van der Waals surface area contributed by atoms with Crippen molar-refractivity contribution in [3.8, 4) is 17.2 Å². The highest BCUT2D eigenvalue weighted by molar-refractivity contribution is 5.98. The van der Waals surface area contributed by atoms with Crippen molar-refractivity contribution in [3.05, 3.63) is 72.1 Å². The molecule has 6 rings (SSSR count). The van der Waals surface area contributed by atoms with E-state index in [-0.39, 0.29) is 29.8 Å². The highest BCUT2D eigenvalue weighted by Crippen LogP contribution is 2.37. The lowest BCUT2D eigenvalue weighted by molar-refractivity contribution is -0.117. The number of anilines is 1. The predicted molar refractivity (Wildman–Crippen MR) is 144 cm³/mol. The van der Waals surface area contributed by atoms with E-state index in [1.165, 1.54) is 12.7 Å². The smallest absolute Gasteiger partial charge is 0.276 e. The quantitative estimate of drug-likeness (QED) is 0.350. The maximum Gasteiger partial charge on any atom is 0.276 e. The van der Waals surface area contributed by atoms with Gasteiger partial charge in [-0.25, -0.2) is 14.4 Å². The highest BCUT2D eigenvalue weighted by Gasteiger charge is 2.43. The number of benzene rings is 2. The van der Waals surface area contributed by atoms with Crippen LogP contribution in [0.5, 0.6) is 5.75 Å². The summed E-state index contributed by atoms with van der Waals surface area (Å²) in [6.45, 7) is 1.32. The van der Waals surface area contributed by atoms with Crippen molar-refractivity contribution < 1.29 is 23.1 Å². The third kappa shape index (κ3) is 5.21. The molecule has 200 valence electrons. The van der Waals surface area contributed by atoms with Crippen LogP contribution in [0.4, 0.5) is 10.1 Å². The van der Waals surface area contributed by atoms with Crippen molar-refractivity contribution in [1.29, 1.82) is 0 Å². The van der Waals surface area contributed by atoms with Crippen LogP contribution in [-0.2, 0) is 11.2 Å². The molecule has 4 aromatic rings. The number of nitrogens with zero attached hydrogens (tertiary/aromatic N) is 3. The van der Waals surface area contributed by atoms with Gasteiger partial charge in [0.1, 0.15) is 11.7 Å². The first kappa shape index (κ1) is 25.0. The molecule has 2 aliphatic rings. The van der Waals surface area contributed by atoms with Gasteiger partial charge in [-0.2, -0.15) is 0 Å². The van der Waals surface area contributed by atoms with Crippen LogP contribution in [-0.4, -0.2) is 53.1 Å². The van der Waals surface area contributed by atoms with Crippen LogP contribution in [0.1, 0.15) is 35.3 Å². The van der Waals surface area contributed by atoms with Gasteiger partial charge in [0.25, 0.3) is 5.91 Å². The average molecular weight is 529 g/mol. The molecular formula is C30H29FN4O4. The Morgan fingerprint density at radius 1 is 1.13 bits per heavy atom. The first-order valence-corrected chi connectivity index (χ1v) is 13.2. The number of nitrogens with one attached hydrogen (secondary N) is 1. The summed E-state index contributed by atoms with van der Waals surface area (Å²) in [4.78, 5) is 36.4. The zero-order valence-electron chi connectivity index (χ0n) is 21.6. The summed E-state index contributed by atoms with van der Waals surface area (Å²) in [6, 6.07) is 17.2. The number of fused-ring (bicyclic) bond motifs is 1. The van der Waals surface area contributed by atoms with E-state index >= 15 is 0 Å². The van der Waals surface area contributed by atoms with Crippen molar-refractivity contribution in [2.45, 2.75) is 31.9 Å². The van der Waals surface area contributed by atoms with Crippen LogP contribution in [0.2, 0.25) is 0 Å². The summed E-state index contributed by atoms with van der Waals surface area (Å²) in [6.07, 6.45) is 3.62. The Balaban J connectivity index is 1.18. The van der Waals surface area contributed by atoms with E-state index in [9.17, 15) is 14.0 Å². The Morgan fingerprint density at radius 3 is 2.62 bits per heavy atom. The standard InChI is InChI=1S/C30H29FN4O4/c1-38-27-21(29-34-24-16-20(7-8-25(24)39-29)33-28(36)22-17-23(22)31)9-12-32-26(27)30(37)35-13-10-19(11-14-35)15-18-5-3-2-4-6-18/h2-9,12,16,19,22-23H,10-11,13-15,17H2,1H3,(H,33,36)/t22-,23+/m1/s1. The monoisotopic (exact) mass is 528 g/mol. The molecular weight excluding hydrogens is 499 g/mol. The summed E-state index contributed by atoms with van der Waals surface area (Å²) in [5.41, 5.74) is 3.58. The molecule has 0 radical (unpaired) electrons. The van der Waals surface area contributed by atoms with Crippen LogP contribution < -0.4 is 10.1 Å². The number of halogens is 1. The first-order chi connectivity index (χ1) is 19.0. The number of oxazole rings is 1. The molecule has 1 aliphatic carbocycles. The molecule has 3 heterocycles. The Labute approximate surface area is 225 Å². The fraction of sp³-hybridized carbons (Fsp3) is 0.333. The number of hydrogen-bond donors (Lipinski definition) is 1. The SMILES string of the molecule is COc1c(-c2nc3cc(NC(=O)[C@@H]4C[C@@H]4F)ccc3o2)ccnc1C(=O)N1CCC(Cc2ccccc2)CC1.